The topological polar surface area (TPSA) is 106 Å². The highest BCUT2D eigenvalue weighted by molar-refractivity contribution is 7.92. The second kappa shape index (κ2) is 6.25. The summed E-state index contributed by atoms with van der Waals surface area (Å²) in [4.78, 5) is 4.09. The van der Waals surface area contributed by atoms with Gasteiger partial charge in [0.15, 0.2) is 0 Å². The van der Waals surface area contributed by atoms with Crippen molar-refractivity contribution in [1.29, 1.82) is 0 Å². The van der Waals surface area contributed by atoms with Crippen LogP contribution in [0.4, 0.5) is 5.95 Å². The van der Waals surface area contributed by atoms with Crippen LogP contribution in [0.1, 0.15) is 17.0 Å². The number of halogens is 1. The fourth-order valence-electron chi connectivity index (χ4n) is 2.33. The van der Waals surface area contributed by atoms with Crippen LogP contribution in [-0.2, 0) is 16.6 Å². The molecule has 3 aromatic rings. The molecule has 2 heterocycles. The fraction of sp³-hybridized carbons (Fsp3) is 0.214. The number of benzene rings is 1. The molecule has 0 aliphatic carbocycles. The molecule has 2 aromatic heterocycles. The molecule has 0 fully saturated rings. The van der Waals surface area contributed by atoms with Crippen LogP contribution in [0.3, 0.4) is 0 Å². The Morgan fingerprint density at radius 2 is 2.04 bits per heavy atom. The van der Waals surface area contributed by atoms with E-state index in [1.165, 1.54) is 11.0 Å². The summed E-state index contributed by atoms with van der Waals surface area (Å²) in [5.41, 5.74) is 1.70. The molecule has 126 valence electrons. The van der Waals surface area contributed by atoms with Gasteiger partial charge in [-0.1, -0.05) is 29.8 Å². The van der Waals surface area contributed by atoms with E-state index >= 15 is 0 Å². The standard InChI is InChI=1S/C14H15ClN6O2S/c1-9-13(10(2)18-17-9)24(22,23)20-14-16-8-21(19-14)7-11-5-3-4-6-12(11)15/h3-6,8H,7H2,1-2H3,(H,17,18)(H,19,20). The lowest BCUT2D eigenvalue weighted by Crippen LogP contribution is -2.16. The normalized spacial score (nSPS) is 11.6. The molecule has 0 atom stereocenters. The number of anilines is 1. The van der Waals surface area contributed by atoms with Crippen LogP contribution >= 0.6 is 11.6 Å². The number of hydrogen-bond donors (Lipinski definition) is 2. The molecule has 0 spiro atoms. The number of aromatic amines is 1. The Kier molecular flexibility index (Phi) is 4.29. The molecule has 0 bridgehead atoms. The third-order valence-electron chi connectivity index (χ3n) is 3.38. The van der Waals surface area contributed by atoms with Gasteiger partial charge in [0.2, 0.25) is 0 Å². The van der Waals surface area contributed by atoms with Crippen LogP contribution < -0.4 is 4.72 Å². The van der Waals surface area contributed by atoms with Crippen LogP contribution in [0.5, 0.6) is 0 Å². The SMILES string of the molecule is Cc1n[nH]c(C)c1S(=O)(=O)Nc1ncn(Cc2ccccc2Cl)n1. The van der Waals surface area contributed by atoms with Crippen LogP contribution in [0, 0.1) is 13.8 Å². The number of hydrogen-bond acceptors (Lipinski definition) is 5. The second-order valence-corrected chi connectivity index (χ2v) is 7.25. The third-order valence-corrected chi connectivity index (χ3v) is 5.34. The zero-order chi connectivity index (χ0) is 17.3. The minimum absolute atomic E-state index is 0.0120. The maximum atomic E-state index is 12.4. The third kappa shape index (κ3) is 3.26. The quantitative estimate of drug-likeness (QED) is 0.719. The molecule has 10 heteroatoms. The van der Waals surface area contributed by atoms with Crippen molar-refractivity contribution in [2.45, 2.75) is 25.3 Å². The lowest BCUT2D eigenvalue weighted by molar-refractivity contribution is 0.599. The first-order valence-electron chi connectivity index (χ1n) is 7.04. The van der Waals surface area contributed by atoms with Gasteiger partial charge in [0.1, 0.15) is 11.2 Å². The molecule has 0 radical (unpaired) electrons. The number of nitrogens with zero attached hydrogens (tertiary/aromatic N) is 4. The Balaban J connectivity index is 1.80. The Bertz CT molecular complexity index is 959. The largest absolute Gasteiger partial charge is 0.281 e. The molecule has 0 saturated heterocycles. The number of nitrogens with one attached hydrogen (secondary N) is 2. The van der Waals surface area contributed by atoms with E-state index in [1.807, 2.05) is 18.2 Å². The zero-order valence-electron chi connectivity index (χ0n) is 13.0. The number of sulfonamides is 1. The van der Waals surface area contributed by atoms with Crippen molar-refractivity contribution in [3.63, 3.8) is 0 Å². The molecule has 2 N–H and O–H groups in total. The molecule has 0 aliphatic heterocycles. The molecule has 0 saturated carbocycles. The van der Waals surface area contributed by atoms with Gasteiger partial charge in [-0.15, -0.1) is 5.10 Å². The van der Waals surface area contributed by atoms with Gasteiger partial charge in [-0.25, -0.2) is 17.8 Å². The monoisotopic (exact) mass is 366 g/mol. The number of H-pyrrole nitrogens is 1. The van der Waals surface area contributed by atoms with Crippen molar-refractivity contribution >= 4 is 27.6 Å². The Morgan fingerprint density at radius 1 is 1.29 bits per heavy atom. The fourth-order valence-corrected chi connectivity index (χ4v) is 3.84. The first-order chi connectivity index (χ1) is 11.4. The van der Waals surface area contributed by atoms with E-state index < -0.39 is 10.0 Å². The van der Waals surface area contributed by atoms with Crippen molar-refractivity contribution in [3.05, 3.63) is 52.6 Å². The summed E-state index contributed by atoms with van der Waals surface area (Å²) in [5.74, 6) is -0.0120. The van der Waals surface area contributed by atoms with Crippen LogP contribution in [-0.4, -0.2) is 33.4 Å². The second-order valence-electron chi connectivity index (χ2n) is 5.23. The predicted octanol–water partition coefficient (Wildman–Crippen LogP) is 2.12. The van der Waals surface area contributed by atoms with Crippen molar-refractivity contribution in [3.8, 4) is 0 Å². The number of rotatable bonds is 5. The summed E-state index contributed by atoms with van der Waals surface area (Å²) in [6, 6.07) is 7.35. The van der Waals surface area contributed by atoms with Gasteiger partial charge in [0.25, 0.3) is 16.0 Å². The summed E-state index contributed by atoms with van der Waals surface area (Å²) in [6.07, 6.45) is 1.44. The predicted molar refractivity (Wildman–Crippen MR) is 89.4 cm³/mol. The molecule has 0 amide bonds. The van der Waals surface area contributed by atoms with E-state index in [9.17, 15) is 8.42 Å². The molecule has 24 heavy (non-hydrogen) atoms. The van der Waals surface area contributed by atoms with E-state index in [0.29, 0.717) is 23.0 Å². The highest BCUT2D eigenvalue weighted by Gasteiger charge is 2.23. The number of aromatic nitrogens is 5. The first kappa shape index (κ1) is 16.5. The maximum Gasteiger partial charge on any atom is 0.267 e. The van der Waals surface area contributed by atoms with Crippen molar-refractivity contribution < 1.29 is 8.42 Å². The van der Waals surface area contributed by atoms with Gasteiger partial charge in [0, 0.05) is 5.02 Å². The molecule has 0 aliphatic rings. The zero-order valence-corrected chi connectivity index (χ0v) is 14.6. The molecule has 8 nitrogen and oxygen atoms in total. The van der Waals surface area contributed by atoms with E-state index in [4.69, 9.17) is 11.6 Å². The maximum absolute atomic E-state index is 12.4. The minimum Gasteiger partial charge on any atom is -0.281 e. The van der Waals surface area contributed by atoms with Gasteiger partial charge in [-0.3, -0.25) is 5.10 Å². The highest BCUT2D eigenvalue weighted by atomic mass is 35.5. The van der Waals surface area contributed by atoms with Gasteiger partial charge >= 0.3 is 0 Å². The first-order valence-corrected chi connectivity index (χ1v) is 8.90. The summed E-state index contributed by atoms with van der Waals surface area (Å²) in [6.45, 7) is 3.64. The summed E-state index contributed by atoms with van der Waals surface area (Å²) in [5, 5.41) is 11.3. The van der Waals surface area contributed by atoms with Crippen molar-refractivity contribution in [2.24, 2.45) is 0 Å². The molecule has 3 rings (SSSR count). The Labute approximate surface area is 143 Å². The smallest absolute Gasteiger partial charge is 0.267 e. The van der Waals surface area contributed by atoms with Gasteiger partial charge in [0.05, 0.1) is 17.9 Å². The van der Waals surface area contributed by atoms with E-state index in [1.54, 1.807) is 19.9 Å². The summed E-state index contributed by atoms with van der Waals surface area (Å²) < 4.78 is 28.8. The van der Waals surface area contributed by atoms with Crippen molar-refractivity contribution in [1.82, 2.24) is 25.0 Å². The van der Waals surface area contributed by atoms with Crippen molar-refractivity contribution in [2.75, 3.05) is 4.72 Å². The van der Waals surface area contributed by atoms with E-state index in [2.05, 4.69) is 25.0 Å². The van der Waals surface area contributed by atoms with Crippen LogP contribution in [0.2, 0.25) is 5.02 Å². The lowest BCUT2D eigenvalue weighted by Gasteiger charge is -2.05. The number of aryl methyl sites for hydroxylation is 2. The molecular formula is C14H15ClN6O2S. The van der Waals surface area contributed by atoms with Gasteiger partial charge < -0.3 is 0 Å². The Morgan fingerprint density at radius 3 is 2.71 bits per heavy atom. The molecule has 1 aromatic carbocycles. The van der Waals surface area contributed by atoms with Gasteiger partial charge in [-0.2, -0.15) is 10.1 Å². The van der Waals surface area contributed by atoms with Crippen LogP contribution in [0.15, 0.2) is 35.5 Å². The molecule has 0 unspecified atom stereocenters. The highest BCUT2D eigenvalue weighted by Crippen LogP contribution is 2.19. The average Bonchev–Trinajstić information content (AvgIpc) is 3.08. The lowest BCUT2D eigenvalue weighted by atomic mass is 10.2. The minimum atomic E-state index is -3.81. The van der Waals surface area contributed by atoms with E-state index in [-0.39, 0.29) is 10.8 Å². The van der Waals surface area contributed by atoms with Gasteiger partial charge in [-0.05, 0) is 25.5 Å². The van der Waals surface area contributed by atoms with Crippen LogP contribution in [0.25, 0.3) is 0 Å². The average molecular weight is 367 g/mol. The Hall–Kier alpha value is -2.39. The summed E-state index contributed by atoms with van der Waals surface area (Å²) in [7, 11) is -3.81. The summed E-state index contributed by atoms with van der Waals surface area (Å²) >= 11 is 6.11. The van der Waals surface area contributed by atoms with E-state index in [0.717, 1.165) is 5.56 Å². The molecular weight excluding hydrogens is 352 g/mol.